The fourth-order valence-corrected chi connectivity index (χ4v) is 3.97. The van der Waals surface area contributed by atoms with Gasteiger partial charge in [0.25, 0.3) is 0 Å². The quantitative estimate of drug-likeness (QED) is 0.750. The molecule has 0 aromatic carbocycles. The summed E-state index contributed by atoms with van der Waals surface area (Å²) in [5.41, 5.74) is 5.93. The van der Waals surface area contributed by atoms with Crippen molar-refractivity contribution in [2.24, 2.45) is 11.7 Å². The van der Waals surface area contributed by atoms with Crippen molar-refractivity contribution in [3.05, 3.63) is 0 Å². The van der Waals surface area contributed by atoms with Crippen LogP contribution in [0.3, 0.4) is 0 Å². The molecule has 18 heavy (non-hydrogen) atoms. The number of hydrogen-bond acceptors (Lipinski definition) is 3. The molecule has 2 aliphatic heterocycles. The highest BCUT2D eigenvalue weighted by Gasteiger charge is 2.39. The van der Waals surface area contributed by atoms with Gasteiger partial charge in [-0.15, -0.1) is 0 Å². The van der Waals surface area contributed by atoms with Crippen molar-refractivity contribution < 1.29 is 4.79 Å². The second-order valence-electron chi connectivity index (χ2n) is 6.40. The Balaban J connectivity index is 1.66. The van der Waals surface area contributed by atoms with Crippen molar-refractivity contribution in [3.63, 3.8) is 0 Å². The van der Waals surface area contributed by atoms with Crippen molar-refractivity contribution >= 4 is 5.91 Å². The maximum absolute atomic E-state index is 12.6. The molecule has 4 heteroatoms. The van der Waals surface area contributed by atoms with Crippen LogP contribution in [0.2, 0.25) is 0 Å². The number of hydrogen-bond donors (Lipinski definition) is 1. The van der Waals surface area contributed by atoms with Crippen LogP contribution in [0.4, 0.5) is 0 Å². The van der Waals surface area contributed by atoms with Crippen molar-refractivity contribution in [2.45, 2.75) is 57.2 Å². The largest absolute Gasteiger partial charge is 0.337 e. The van der Waals surface area contributed by atoms with Crippen molar-refractivity contribution in [3.8, 4) is 0 Å². The Morgan fingerprint density at radius 3 is 2.78 bits per heavy atom. The van der Waals surface area contributed by atoms with E-state index in [2.05, 4.69) is 16.7 Å². The maximum Gasteiger partial charge on any atom is 0.226 e. The molecule has 0 aromatic heterocycles. The summed E-state index contributed by atoms with van der Waals surface area (Å²) in [6.07, 6.45) is 5.48. The molecule has 4 atom stereocenters. The van der Waals surface area contributed by atoms with Gasteiger partial charge >= 0.3 is 0 Å². The van der Waals surface area contributed by atoms with E-state index >= 15 is 0 Å². The fraction of sp³-hybridized carbons (Fsp3) is 0.929. The molecule has 2 saturated heterocycles. The number of amides is 1. The molecule has 0 spiro atoms. The lowest BCUT2D eigenvalue weighted by Gasteiger charge is -2.43. The second kappa shape index (κ2) is 4.82. The molecular formula is C14H25N3O. The highest BCUT2D eigenvalue weighted by molar-refractivity contribution is 5.79. The number of piperazine rings is 1. The minimum absolute atomic E-state index is 0.204. The smallest absolute Gasteiger partial charge is 0.226 e. The number of carbonyl (C=O) groups excluding carboxylic acids is 1. The van der Waals surface area contributed by atoms with Crippen LogP contribution < -0.4 is 5.73 Å². The number of carbonyl (C=O) groups is 1. The van der Waals surface area contributed by atoms with Gasteiger partial charge in [-0.05, 0) is 45.6 Å². The lowest BCUT2D eigenvalue weighted by molar-refractivity contribution is -0.141. The van der Waals surface area contributed by atoms with Gasteiger partial charge in [0, 0.05) is 37.1 Å². The molecule has 3 aliphatic rings. The number of rotatable bonds is 1. The van der Waals surface area contributed by atoms with Crippen molar-refractivity contribution in [2.75, 3.05) is 19.6 Å². The minimum atomic E-state index is 0.204. The fourth-order valence-electron chi connectivity index (χ4n) is 3.97. The molecule has 2 N–H and O–H groups in total. The van der Waals surface area contributed by atoms with E-state index in [0.717, 1.165) is 32.4 Å². The third-order valence-electron chi connectivity index (χ3n) is 5.04. The maximum atomic E-state index is 12.6. The van der Waals surface area contributed by atoms with Crippen LogP contribution >= 0.6 is 0 Å². The van der Waals surface area contributed by atoms with Gasteiger partial charge in [-0.25, -0.2) is 0 Å². The van der Waals surface area contributed by atoms with Crippen LogP contribution in [0.25, 0.3) is 0 Å². The van der Waals surface area contributed by atoms with Gasteiger partial charge in [0.05, 0.1) is 0 Å². The highest BCUT2D eigenvalue weighted by atomic mass is 16.2. The molecule has 1 saturated carbocycles. The molecule has 3 fully saturated rings. The summed E-state index contributed by atoms with van der Waals surface area (Å²) in [5.74, 6) is 0.581. The molecule has 3 rings (SSSR count). The summed E-state index contributed by atoms with van der Waals surface area (Å²) in [6, 6.07) is 1.26. The van der Waals surface area contributed by atoms with E-state index < -0.39 is 0 Å². The number of fused-ring (bicyclic) bond motifs is 1. The Hall–Kier alpha value is -0.610. The lowest BCUT2D eigenvalue weighted by Crippen LogP contribution is -2.57. The van der Waals surface area contributed by atoms with Gasteiger partial charge in [-0.3, -0.25) is 9.69 Å². The third-order valence-corrected chi connectivity index (χ3v) is 5.04. The molecule has 1 amide bonds. The zero-order valence-electron chi connectivity index (χ0n) is 11.3. The van der Waals surface area contributed by atoms with Gasteiger partial charge < -0.3 is 10.6 Å². The average Bonchev–Trinajstić information content (AvgIpc) is 2.95. The highest BCUT2D eigenvalue weighted by Crippen LogP contribution is 2.30. The first-order valence-electron chi connectivity index (χ1n) is 7.45. The van der Waals surface area contributed by atoms with E-state index in [4.69, 9.17) is 5.73 Å². The summed E-state index contributed by atoms with van der Waals surface area (Å²) in [7, 11) is 0. The summed E-state index contributed by atoms with van der Waals surface area (Å²) in [5, 5.41) is 0. The van der Waals surface area contributed by atoms with Gasteiger partial charge in [0.2, 0.25) is 5.91 Å². The van der Waals surface area contributed by atoms with E-state index in [-0.39, 0.29) is 12.0 Å². The number of nitrogens with zero attached hydrogens (tertiary/aromatic N) is 2. The summed E-state index contributed by atoms with van der Waals surface area (Å²) >= 11 is 0. The normalized spacial score (nSPS) is 41.1. The predicted molar refractivity (Wildman–Crippen MR) is 71.1 cm³/mol. The molecule has 4 nitrogen and oxygen atoms in total. The summed E-state index contributed by atoms with van der Waals surface area (Å²) in [4.78, 5) is 17.3. The standard InChI is InChI=1S/C14H25N3O/c1-10-8-16-6-2-3-13(16)9-17(10)14(18)11-4-5-12(15)7-11/h10-13H,2-9,15H2,1H3/t10-,11+,12-,13-/m1/s1. The molecule has 0 aromatic rings. The SMILES string of the molecule is C[C@@H]1CN2CCC[C@@H]2CN1C(=O)[C@H]1CC[C@@H](N)C1. The lowest BCUT2D eigenvalue weighted by atomic mass is 10.0. The third kappa shape index (κ3) is 2.16. The van der Waals surface area contributed by atoms with Gasteiger partial charge in [0.1, 0.15) is 0 Å². The second-order valence-corrected chi connectivity index (χ2v) is 6.40. The molecule has 1 aliphatic carbocycles. The first kappa shape index (κ1) is 12.4. The predicted octanol–water partition coefficient (Wildman–Crippen LogP) is 0.809. The van der Waals surface area contributed by atoms with E-state index in [9.17, 15) is 4.79 Å². The van der Waals surface area contributed by atoms with Crippen LogP contribution in [-0.2, 0) is 4.79 Å². The molecule has 0 radical (unpaired) electrons. The van der Waals surface area contributed by atoms with Crippen LogP contribution in [0.5, 0.6) is 0 Å². The summed E-state index contributed by atoms with van der Waals surface area (Å²) < 4.78 is 0. The Bertz CT molecular complexity index is 333. The van der Waals surface area contributed by atoms with Gasteiger partial charge in [0.15, 0.2) is 0 Å². The van der Waals surface area contributed by atoms with Gasteiger partial charge in [-0.1, -0.05) is 0 Å². The first-order valence-corrected chi connectivity index (χ1v) is 7.45. The monoisotopic (exact) mass is 251 g/mol. The Kier molecular flexibility index (Phi) is 3.32. The van der Waals surface area contributed by atoms with E-state index in [0.29, 0.717) is 18.0 Å². The van der Waals surface area contributed by atoms with Crippen molar-refractivity contribution in [1.29, 1.82) is 0 Å². The molecule has 0 unspecified atom stereocenters. The Labute approximate surface area is 109 Å². The Morgan fingerprint density at radius 1 is 1.22 bits per heavy atom. The first-order chi connectivity index (χ1) is 8.65. The van der Waals surface area contributed by atoms with Crippen molar-refractivity contribution in [1.82, 2.24) is 9.80 Å². The van der Waals surface area contributed by atoms with Crippen LogP contribution in [0, 0.1) is 5.92 Å². The van der Waals surface area contributed by atoms with Crippen LogP contribution in [0.15, 0.2) is 0 Å². The van der Waals surface area contributed by atoms with Crippen LogP contribution in [0.1, 0.15) is 39.0 Å². The zero-order valence-corrected chi connectivity index (χ0v) is 11.3. The molecular weight excluding hydrogens is 226 g/mol. The van der Waals surface area contributed by atoms with E-state index in [1.54, 1.807) is 0 Å². The van der Waals surface area contributed by atoms with Gasteiger partial charge in [-0.2, -0.15) is 0 Å². The minimum Gasteiger partial charge on any atom is -0.337 e. The molecule has 0 bridgehead atoms. The zero-order chi connectivity index (χ0) is 12.7. The molecule has 102 valence electrons. The van der Waals surface area contributed by atoms with E-state index in [1.807, 2.05) is 0 Å². The average molecular weight is 251 g/mol. The Morgan fingerprint density at radius 2 is 2.06 bits per heavy atom. The van der Waals surface area contributed by atoms with E-state index in [1.165, 1.54) is 19.4 Å². The molecule has 2 heterocycles. The topological polar surface area (TPSA) is 49.6 Å². The number of nitrogens with two attached hydrogens (primary N) is 1. The van der Waals surface area contributed by atoms with Crippen LogP contribution in [-0.4, -0.2) is 53.5 Å². The summed E-state index contributed by atoms with van der Waals surface area (Å²) in [6.45, 7) is 5.44.